The largest absolute Gasteiger partial charge is 0.469 e. The second-order valence-corrected chi connectivity index (χ2v) is 10.2. The number of amides is 3. The summed E-state index contributed by atoms with van der Waals surface area (Å²) in [5, 5.41) is 20.1. The van der Waals surface area contributed by atoms with Crippen LogP contribution in [0.2, 0.25) is 0 Å². The zero-order chi connectivity index (χ0) is 29.5. The van der Waals surface area contributed by atoms with Crippen LogP contribution in [0, 0.1) is 5.92 Å². The van der Waals surface area contributed by atoms with Crippen LogP contribution in [-0.2, 0) is 36.8 Å². The molecule has 0 aliphatic rings. The molecule has 0 aromatic heterocycles. The molecule has 0 spiro atoms. The van der Waals surface area contributed by atoms with Gasteiger partial charge in [0.1, 0.15) is 6.04 Å². The number of carbonyl (C=O) groups excluding carboxylic acids is 4. The molecule has 2 aromatic carbocycles. The van der Waals surface area contributed by atoms with Gasteiger partial charge in [-0.3, -0.25) is 19.2 Å². The van der Waals surface area contributed by atoms with Gasteiger partial charge in [-0.2, -0.15) is 0 Å². The van der Waals surface area contributed by atoms with Gasteiger partial charge < -0.3 is 25.8 Å². The molecule has 5 atom stereocenters. The van der Waals surface area contributed by atoms with E-state index in [1.54, 1.807) is 0 Å². The number of nitrogens with one attached hydrogen (secondary N) is 3. The molecule has 9 nitrogen and oxygen atoms in total. The van der Waals surface area contributed by atoms with Gasteiger partial charge in [-0.1, -0.05) is 80.9 Å². The van der Waals surface area contributed by atoms with E-state index >= 15 is 0 Å². The van der Waals surface area contributed by atoms with Crippen molar-refractivity contribution >= 4 is 23.7 Å². The minimum Gasteiger partial charge on any atom is -0.469 e. The molecule has 2 aromatic rings. The standard InChI is InChI=1S/C31H43N3O6/c1-5-21(2)30(32-22(3)35)31(39)33-25(18-23-12-8-6-9-13-23)20-27(36)26(19-24-14-10-7-11-15-24)34-28(37)16-17-29(38)40-4/h6-15,21,25-27,30,36H,5,16-20H2,1-4H3,(H,32,35)(H,33,39)(H,34,37)/t21-,25+,26+,27+,30+/m1/s1. The lowest BCUT2D eigenvalue weighted by atomic mass is 9.92. The fraction of sp³-hybridized carbons (Fsp3) is 0.484. The van der Waals surface area contributed by atoms with Crippen molar-refractivity contribution in [2.24, 2.45) is 5.92 Å². The van der Waals surface area contributed by atoms with Gasteiger partial charge in [-0.05, 0) is 36.3 Å². The number of benzene rings is 2. The number of aliphatic hydroxyl groups excluding tert-OH is 1. The Morgan fingerprint density at radius 3 is 1.95 bits per heavy atom. The highest BCUT2D eigenvalue weighted by Crippen LogP contribution is 2.16. The lowest BCUT2D eigenvalue weighted by Crippen LogP contribution is -2.54. The van der Waals surface area contributed by atoms with Crippen LogP contribution in [0.4, 0.5) is 0 Å². The van der Waals surface area contributed by atoms with Gasteiger partial charge in [0.2, 0.25) is 17.7 Å². The van der Waals surface area contributed by atoms with Gasteiger partial charge in [0.25, 0.3) is 0 Å². The van der Waals surface area contributed by atoms with Crippen LogP contribution in [-0.4, -0.2) is 60.1 Å². The number of carbonyl (C=O) groups is 4. The van der Waals surface area contributed by atoms with E-state index in [1.807, 2.05) is 74.5 Å². The third kappa shape index (κ3) is 11.6. The number of hydrogen-bond acceptors (Lipinski definition) is 6. The first-order chi connectivity index (χ1) is 19.1. The lowest BCUT2D eigenvalue weighted by molar-refractivity contribution is -0.142. The zero-order valence-corrected chi connectivity index (χ0v) is 23.9. The molecule has 0 saturated heterocycles. The normalized spacial score (nSPS) is 14.6. The molecule has 0 heterocycles. The molecule has 0 saturated carbocycles. The average molecular weight is 554 g/mol. The third-order valence-corrected chi connectivity index (χ3v) is 6.94. The number of rotatable bonds is 16. The highest BCUT2D eigenvalue weighted by atomic mass is 16.5. The van der Waals surface area contributed by atoms with Gasteiger partial charge >= 0.3 is 5.97 Å². The van der Waals surface area contributed by atoms with Crippen molar-refractivity contribution in [1.29, 1.82) is 0 Å². The van der Waals surface area contributed by atoms with E-state index in [0.29, 0.717) is 19.3 Å². The first kappa shape index (κ1) is 32.5. The number of ether oxygens (including phenoxy) is 1. The molecule has 3 amide bonds. The molecular formula is C31H43N3O6. The predicted molar refractivity (Wildman–Crippen MR) is 153 cm³/mol. The summed E-state index contributed by atoms with van der Waals surface area (Å²) in [6, 6.07) is 17.2. The minimum absolute atomic E-state index is 0.0661. The smallest absolute Gasteiger partial charge is 0.306 e. The average Bonchev–Trinajstić information content (AvgIpc) is 2.94. The van der Waals surface area contributed by atoms with Gasteiger partial charge in [0, 0.05) is 19.4 Å². The minimum atomic E-state index is -1.01. The summed E-state index contributed by atoms with van der Waals surface area (Å²) in [7, 11) is 1.26. The van der Waals surface area contributed by atoms with Gasteiger partial charge in [0.05, 0.1) is 25.7 Å². The molecule has 40 heavy (non-hydrogen) atoms. The Balaban J connectivity index is 2.26. The summed E-state index contributed by atoms with van der Waals surface area (Å²) < 4.78 is 4.63. The number of hydrogen-bond donors (Lipinski definition) is 4. The Morgan fingerprint density at radius 2 is 1.43 bits per heavy atom. The fourth-order valence-electron chi connectivity index (χ4n) is 4.51. The summed E-state index contributed by atoms with van der Waals surface area (Å²) >= 11 is 0. The number of methoxy groups -OCH3 is 1. The Morgan fingerprint density at radius 1 is 0.850 bits per heavy atom. The fourth-order valence-corrected chi connectivity index (χ4v) is 4.51. The second kappa shape index (κ2) is 17.1. The molecule has 0 aliphatic heterocycles. The molecule has 218 valence electrons. The Hall–Kier alpha value is -3.72. The van der Waals surface area contributed by atoms with Crippen molar-refractivity contribution in [2.75, 3.05) is 7.11 Å². The molecule has 9 heteroatoms. The van der Waals surface area contributed by atoms with Crippen molar-refractivity contribution in [3.63, 3.8) is 0 Å². The van der Waals surface area contributed by atoms with Crippen molar-refractivity contribution in [2.45, 2.75) is 83.5 Å². The Kier molecular flexibility index (Phi) is 13.9. The summed E-state index contributed by atoms with van der Waals surface area (Å²) in [5.41, 5.74) is 1.90. The van der Waals surface area contributed by atoms with Crippen LogP contribution in [0.25, 0.3) is 0 Å². The zero-order valence-electron chi connectivity index (χ0n) is 23.9. The monoisotopic (exact) mass is 553 g/mol. The van der Waals surface area contributed by atoms with E-state index < -0.39 is 30.2 Å². The van der Waals surface area contributed by atoms with Gasteiger partial charge in [0.15, 0.2) is 0 Å². The number of esters is 1. The van der Waals surface area contributed by atoms with Crippen LogP contribution in [0.5, 0.6) is 0 Å². The van der Waals surface area contributed by atoms with Crippen LogP contribution >= 0.6 is 0 Å². The maximum absolute atomic E-state index is 13.4. The molecule has 0 radical (unpaired) electrons. The first-order valence-electron chi connectivity index (χ1n) is 13.8. The van der Waals surface area contributed by atoms with Crippen LogP contribution in [0.15, 0.2) is 60.7 Å². The second-order valence-electron chi connectivity index (χ2n) is 10.2. The van der Waals surface area contributed by atoms with E-state index in [0.717, 1.165) is 11.1 Å². The topological polar surface area (TPSA) is 134 Å². The molecule has 2 rings (SSSR count). The molecule has 0 bridgehead atoms. The van der Waals surface area contributed by atoms with Gasteiger partial charge in [-0.15, -0.1) is 0 Å². The Bertz CT molecular complexity index is 1080. The van der Waals surface area contributed by atoms with E-state index in [-0.39, 0.29) is 42.9 Å². The maximum Gasteiger partial charge on any atom is 0.306 e. The quantitative estimate of drug-likeness (QED) is 0.236. The van der Waals surface area contributed by atoms with Crippen LogP contribution < -0.4 is 16.0 Å². The van der Waals surface area contributed by atoms with Crippen molar-refractivity contribution in [3.05, 3.63) is 71.8 Å². The van der Waals surface area contributed by atoms with Crippen molar-refractivity contribution < 1.29 is 29.0 Å². The van der Waals surface area contributed by atoms with E-state index in [2.05, 4.69) is 20.7 Å². The maximum atomic E-state index is 13.4. The Labute approximate surface area is 237 Å². The molecule has 0 fully saturated rings. The van der Waals surface area contributed by atoms with Gasteiger partial charge in [-0.25, -0.2) is 0 Å². The lowest BCUT2D eigenvalue weighted by Gasteiger charge is -2.30. The summed E-state index contributed by atoms with van der Waals surface area (Å²) in [6.45, 7) is 5.24. The third-order valence-electron chi connectivity index (χ3n) is 6.94. The SMILES string of the molecule is CC[C@@H](C)[C@H](NC(C)=O)C(=O)N[C@@H](Cc1ccccc1)C[C@H](O)[C@H](Cc1ccccc1)NC(=O)CCC(=O)OC. The first-order valence-corrected chi connectivity index (χ1v) is 13.8. The van der Waals surface area contributed by atoms with Crippen molar-refractivity contribution in [1.82, 2.24) is 16.0 Å². The highest BCUT2D eigenvalue weighted by molar-refractivity contribution is 5.87. The highest BCUT2D eigenvalue weighted by Gasteiger charge is 2.30. The van der Waals surface area contributed by atoms with E-state index in [1.165, 1.54) is 14.0 Å². The van der Waals surface area contributed by atoms with E-state index in [9.17, 15) is 24.3 Å². The van der Waals surface area contributed by atoms with Crippen LogP contribution in [0.3, 0.4) is 0 Å². The number of aliphatic hydroxyl groups is 1. The summed E-state index contributed by atoms with van der Waals surface area (Å²) in [4.78, 5) is 49.4. The summed E-state index contributed by atoms with van der Waals surface area (Å²) in [5.74, 6) is -1.57. The van der Waals surface area contributed by atoms with Crippen LogP contribution in [0.1, 0.15) is 57.6 Å². The van der Waals surface area contributed by atoms with Crippen molar-refractivity contribution in [3.8, 4) is 0 Å². The van der Waals surface area contributed by atoms with E-state index in [4.69, 9.17) is 0 Å². The summed E-state index contributed by atoms with van der Waals surface area (Å²) in [6.07, 6.45) is 0.513. The molecule has 0 aliphatic carbocycles. The molecule has 0 unspecified atom stereocenters. The predicted octanol–water partition coefficient (Wildman–Crippen LogP) is 2.70. The molecule has 4 N–H and O–H groups in total. The molecular weight excluding hydrogens is 510 g/mol.